The van der Waals surface area contributed by atoms with Gasteiger partial charge in [-0.05, 0) is 6.42 Å². The second-order valence-corrected chi connectivity index (χ2v) is 5.76. The molecule has 1 rings (SSSR count). The summed E-state index contributed by atoms with van der Waals surface area (Å²) in [6.45, 7) is 2.07. The van der Waals surface area contributed by atoms with Gasteiger partial charge in [0.2, 0.25) is 0 Å². The van der Waals surface area contributed by atoms with Crippen molar-refractivity contribution in [1.82, 2.24) is 0 Å². The van der Waals surface area contributed by atoms with Crippen molar-refractivity contribution in [3.05, 3.63) is 30.3 Å². The van der Waals surface area contributed by atoms with Gasteiger partial charge in [-0.25, -0.2) is 0 Å². The van der Waals surface area contributed by atoms with Gasteiger partial charge in [0.25, 0.3) is 0 Å². The van der Waals surface area contributed by atoms with Crippen molar-refractivity contribution in [2.75, 3.05) is 6.16 Å². The third kappa shape index (κ3) is 2.98. The van der Waals surface area contributed by atoms with Gasteiger partial charge in [0, 0.05) is 11.5 Å². The van der Waals surface area contributed by atoms with Crippen molar-refractivity contribution in [2.45, 2.75) is 19.8 Å². The molecule has 1 aromatic rings. The average Bonchev–Trinajstić information content (AvgIpc) is 2.16. The maximum atomic E-state index is 12.0. The summed E-state index contributed by atoms with van der Waals surface area (Å²) in [5.41, 5.74) is 5.78. The molecule has 0 aliphatic carbocycles. The van der Waals surface area contributed by atoms with E-state index < -0.39 is 7.29 Å². The molecule has 72 valence electrons. The number of hydrogen-bond donors (Lipinski definition) is 1. The molecule has 0 aromatic heterocycles. The predicted octanol–water partition coefficient (Wildman–Crippen LogP) is 2.35. The SMILES string of the molecule is CCCC[P@@](N)(=O)c1ccccc1. The van der Waals surface area contributed by atoms with Gasteiger partial charge < -0.3 is 4.57 Å². The van der Waals surface area contributed by atoms with Gasteiger partial charge in [-0.1, -0.05) is 43.7 Å². The van der Waals surface area contributed by atoms with Crippen molar-refractivity contribution in [2.24, 2.45) is 5.50 Å². The molecule has 0 aliphatic rings. The zero-order chi connectivity index (χ0) is 9.73. The third-order valence-corrected chi connectivity index (χ3v) is 4.19. The molecule has 0 heterocycles. The molecule has 1 atom stereocenters. The van der Waals surface area contributed by atoms with Crippen molar-refractivity contribution >= 4 is 12.6 Å². The molecule has 2 nitrogen and oxygen atoms in total. The summed E-state index contributed by atoms with van der Waals surface area (Å²) in [5.74, 6) is 0. The predicted molar refractivity (Wildman–Crippen MR) is 57.6 cm³/mol. The largest absolute Gasteiger partial charge is 0.302 e. The summed E-state index contributed by atoms with van der Waals surface area (Å²) in [7, 11) is -2.56. The zero-order valence-electron chi connectivity index (χ0n) is 7.94. The number of benzene rings is 1. The average molecular weight is 197 g/mol. The molecule has 0 fully saturated rings. The second-order valence-electron chi connectivity index (χ2n) is 3.21. The second kappa shape index (κ2) is 4.59. The van der Waals surface area contributed by atoms with Gasteiger partial charge in [-0.3, -0.25) is 5.50 Å². The first-order valence-corrected chi connectivity index (χ1v) is 6.56. The van der Waals surface area contributed by atoms with Crippen LogP contribution in [0.5, 0.6) is 0 Å². The zero-order valence-corrected chi connectivity index (χ0v) is 8.84. The molecule has 0 saturated heterocycles. The molecule has 3 heteroatoms. The minimum absolute atomic E-state index is 0.619. The summed E-state index contributed by atoms with van der Waals surface area (Å²) in [6, 6.07) is 9.35. The van der Waals surface area contributed by atoms with Crippen LogP contribution in [-0.4, -0.2) is 6.16 Å². The van der Waals surface area contributed by atoms with Crippen LogP contribution in [0.1, 0.15) is 19.8 Å². The van der Waals surface area contributed by atoms with E-state index in [0.29, 0.717) is 6.16 Å². The van der Waals surface area contributed by atoms with Gasteiger partial charge in [0.05, 0.1) is 0 Å². The normalized spacial score (nSPS) is 15.2. The van der Waals surface area contributed by atoms with Crippen LogP contribution in [0.25, 0.3) is 0 Å². The molecule has 1 aromatic carbocycles. The lowest BCUT2D eigenvalue weighted by atomic mass is 10.4. The molecule has 0 unspecified atom stereocenters. The Morgan fingerprint density at radius 3 is 2.46 bits per heavy atom. The minimum Gasteiger partial charge on any atom is -0.302 e. The molecule has 0 bridgehead atoms. The van der Waals surface area contributed by atoms with E-state index in [9.17, 15) is 4.57 Å². The Bertz CT molecular complexity index is 297. The van der Waals surface area contributed by atoms with E-state index in [-0.39, 0.29) is 0 Å². The highest BCUT2D eigenvalue weighted by Gasteiger charge is 2.16. The highest BCUT2D eigenvalue weighted by atomic mass is 31.2. The molecular formula is C10H16NOP. The van der Waals surface area contributed by atoms with E-state index in [2.05, 4.69) is 6.92 Å². The van der Waals surface area contributed by atoms with E-state index in [1.165, 1.54) is 0 Å². The molecular weight excluding hydrogens is 181 g/mol. The molecule has 2 N–H and O–H groups in total. The summed E-state index contributed by atoms with van der Waals surface area (Å²) < 4.78 is 12.0. The van der Waals surface area contributed by atoms with E-state index in [1.54, 1.807) is 0 Å². The quantitative estimate of drug-likeness (QED) is 0.753. The summed E-state index contributed by atoms with van der Waals surface area (Å²) >= 11 is 0. The number of nitrogens with two attached hydrogens (primary N) is 1. The maximum Gasteiger partial charge on any atom is 0.173 e. The van der Waals surface area contributed by atoms with E-state index >= 15 is 0 Å². The van der Waals surface area contributed by atoms with Gasteiger partial charge in [-0.15, -0.1) is 0 Å². The summed E-state index contributed by atoms with van der Waals surface area (Å²) in [5, 5.41) is 0.795. The van der Waals surface area contributed by atoms with Crippen molar-refractivity contribution in [1.29, 1.82) is 0 Å². The molecule has 0 spiro atoms. The van der Waals surface area contributed by atoms with Gasteiger partial charge in [-0.2, -0.15) is 0 Å². The van der Waals surface area contributed by atoms with Crippen LogP contribution >= 0.6 is 7.29 Å². The Labute approximate surface area is 79.6 Å². The molecule has 0 saturated carbocycles. The maximum absolute atomic E-state index is 12.0. The van der Waals surface area contributed by atoms with Gasteiger partial charge in [0.15, 0.2) is 7.29 Å². The van der Waals surface area contributed by atoms with Crippen LogP contribution < -0.4 is 10.8 Å². The van der Waals surface area contributed by atoms with E-state index in [0.717, 1.165) is 18.1 Å². The van der Waals surface area contributed by atoms with Crippen LogP contribution in [0.2, 0.25) is 0 Å². The Morgan fingerprint density at radius 2 is 1.92 bits per heavy atom. The Balaban J connectivity index is 2.76. The highest BCUT2D eigenvalue weighted by molar-refractivity contribution is 7.69. The van der Waals surface area contributed by atoms with Crippen molar-refractivity contribution < 1.29 is 4.57 Å². The summed E-state index contributed by atoms with van der Waals surface area (Å²) in [6.07, 6.45) is 2.59. The lowest BCUT2D eigenvalue weighted by Crippen LogP contribution is -2.14. The fourth-order valence-electron chi connectivity index (χ4n) is 1.20. The Morgan fingerprint density at radius 1 is 1.31 bits per heavy atom. The number of hydrogen-bond acceptors (Lipinski definition) is 1. The standard InChI is InChI=1S/C10H16NOP/c1-2-3-9-13(11,12)10-7-5-4-6-8-10/h4-8H,2-3,9H2,1H3,(H2,11,12)/t13-/m1/s1. The lowest BCUT2D eigenvalue weighted by Gasteiger charge is -2.11. The Hall–Kier alpha value is -0.590. The fraction of sp³-hybridized carbons (Fsp3) is 0.400. The van der Waals surface area contributed by atoms with Gasteiger partial charge >= 0.3 is 0 Å². The first-order chi connectivity index (χ1) is 6.17. The number of unbranched alkanes of at least 4 members (excludes halogenated alkanes) is 1. The molecule has 0 radical (unpaired) electrons. The number of rotatable bonds is 4. The summed E-state index contributed by atoms with van der Waals surface area (Å²) in [4.78, 5) is 0. The van der Waals surface area contributed by atoms with Crippen molar-refractivity contribution in [3.63, 3.8) is 0 Å². The van der Waals surface area contributed by atoms with E-state index in [1.807, 2.05) is 30.3 Å². The van der Waals surface area contributed by atoms with Crippen LogP contribution in [0.3, 0.4) is 0 Å². The highest BCUT2D eigenvalue weighted by Crippen LogP contribution is 2.35. The van der Waals surface area contributed by atoms with E-state index in [4.69, 9.17) is 5.50 Å². The van der Waals surface area contributed by atoms with Crippen LogP contribution in [-0.2, 0) is 4.57 Å². The third-order valence-electron chi connectivity index (χ3n) is 2.04. The fourth-order valence-corrected chi connectivity index (χ4v) is 2.92. The minimum atomic E-state index is -2.56. The molecule has 0 aliphatic heterocycles. The Kier molecular flexibility index (Phi) is 3.71. The van der Waals surface area contributed by atoms with Crippen LogP contribution in [0.4, 0.5) is 0 Å². The molecule has 0 amide bonds. The van der Waals surface area contributed by atoms with Crippen LogP contribution in [0, 0.1) is 0 Å². The van der Waals surface area contributed by atoms with Crippen molar-refractivity contribution in [3.8, 4) is 0 Å². The topological polar surface area (TPSA) is 43.1 Å². The molecule has 13 heavy (non-hydrogen) atoms. The first kappa shape index (κ1) is 10.5. The monoisotopic (exact) mass is 197 g/mol. The lowest BCUT2D eigenvalue weighted by molar-refractivity contribution is 0.580. The smallest absolute Gasteiger partial charge is 0.173 e. The van der Waals surface area contributed by atoms with Crippen LogP contribution in [0.15, 0.2) is 30.3 Å². The van der Waals surface area contributed by atoms with Gasteiger partial charge in [0.1, 0.15) is 0 Å². The first-order valence-electron chi connectivity index (χ1n) is 4.60.